The molecule has 0 aliphatic rings. The van der Waals surface area contributed by atoms with Gasteiger partial charge in [-0.2, -0.15) is 0 Å². The van der Waals surface area contributed by atoms with E-state index in [0.29, 0.717) is 0 Å². The van der Waals surface area contributed by atoms with Crippen LogP contribution in [0, 0.1) is 6.92 Å². The lowest BCUT2D eigenvalue weighted by molar-refractivity contribution is 1.10. The van der Waals surface area contributed by atoms with E-state index in [1.807, 2.05) is 48.0 Å². The van der Waals surface area contributed by atoms with Crippen LogP contribution in [0.2, 0.25) is 0 Å². The molecule has 3 aromatic rings. The number of pyridine rings is 1. The first-order valence-electron chi connectivity index (χ1n) is 4.80. The van der Waals surface area contributed by atoms with Gasteiger partial charge >= 0.3 is 0 Å². The third-order valence-electron chi connectivity index (χ3n) is 2.47. The molecule has 0 spiro atoms. The number of hydrogen-bond acceptors (Lipinski definition) is 2. The largest absolute Gasteiger partial charge is 0.359 e. The quantitative estimate of drug-likeness (QED) is 0.650. The summed E-state index contributed by atoms with van der Waals surface area (Å²) in [6, 6.07) is 7.96. The highest BCUT2D eigenvalue weighted by Crippen LogP contribution is 2.17. The van der Waals surface area contributed by atoms with Crippen LogP contribution in [0.5, 0.6) is 0 Å². The molecule has 0 atom stereocenters. The lowest BCUT2D eigenvalue weighted by Crippen LogP contribution is -1.90. The molecular weight excluding hydrogens is 188 g/mol. The van der Waals surface area contributed by atoms with Gasteiger partial charge in [0.25, 0.3) is 0 Å². The summed E-state index contributed by atoms with van der Waals surface area (Å²) in [5.74, 6) is 0.846. The minimum absolute atomic E-state index is 0.846. The average molecular weight is 198 g/mol. The van der Waals surface area contributed by atoms with Crippen LogP contribution >= 0.6 is 0 Å². The molecule has 1 N–H and O–H groups in total. The Balaban J connectivity index is 2.34. The number of rotatable bonds is 1. The summed E-state index contributed by atoms with van der Waals surface area (Å²) in [7, 11) is 0. The molecule has 0 saturated heterocycles. The topological polar surface area (TPSA) is 46.0 Å². The second-order valence-corrected chi connectivity index (χ2v) is 3.49. The first-order valence-corrected chi connectivity index (χ1v) is 4.80. The van der Waals surface area contributed by atoms with Crippen molar-refractivity contribution in [3.8, 4) is 11.5 Å². The number of aryl methyl sites for hydroxylation is 1. The smallest absolute Gasteiger partial charge is 0.184 e. The van der Waals surface area contributed by atoms with Gasteiger partial charge < -0.3 is 4.98 Å². The summed E-state index contributed by atoms with van der Waals surface area (Å²) in [4.78, 5) is 3.13. The number of aromatic amines is 1. The maximum atomic E-state index is 4.18. The number of fused-ring (bicyclic) bond motifs is 1. The number of hydrogen-bond donors (Lipinski definition) is 1. The first-order chi connectivity index (χ1) is 7.36. The van der Waals surface area contributed by atoms with E-state index in [0.717, 1.165) is 22.7 Å². The van der Waals surface area contributed by atoms with E-state index in [1.165, 1.54) is 0 Å². The van der Waals surface area contributed by atoms with Gasteiger partial charge in [-0.3, -0.25) is 4.40 Å². The van der Waals surface area contributed by atoms with Crippen molar-refractivity contribution < 1.29 is 0 Å². The highest BCUT2D eigenvalue weighted by molar-refractivity contribution is 5.57. The third kappa shape index (κ3) is 1.15. The molecule has 74 valence electrons. The molecule has 0 fully saturated rings. The minimum Gasteiger partial charge on any atom is -0.359 e. The molecule has 0 aliphatic heterocycles. The van der Waals surface area contributed by atoms with Crippen LogP contribution in [0.15, 0.2) is 36.7 Å². The van der Waals surface area contributed by atoms with Crippen molar-refractivity contribution in [2.24, 2.45) is 0 Å². The van der Waals surface area contributed by atoms with Gasteiger partial charge in [0.05, 0.1) is 5.69 Å². The third-order valence-corrected chi connectivity index (χ3v) is 2.47. The lowest BCUT2D eigenvalue weighted by Gasteiger charge is -1.98. The molecule has 0 radical (unpaired) electrons. The van der Waals surface area contributed by atoms with E-state index < -0.39 is 0 Å². The lowest BCUT2D eigenvalue weighted by atomic mass is 10.3. The monoisotopic (exact) mass is 198 g/mol. The Morgan fingerprint density at radius 3 is 2.93 bits per heavy atom. The van der Waals surface area contributed by atoms with Crippen molar-refractivity contribution in [3.05, 3.63) is 42.2 Å². The van der Waals surface area contributed by atoms with Gasteiger partial charge in [-0.15, -0.1) is 10.2 Å². The zero-order valence-electron chi connectivity index (χ0n) is 8.31. The van der Waals surface area contributed by atoms with E-state index in [1.54, 1.807) is 0 Å². The number of nitrogens with one attached hydrogen (secondary N) is 1. The fourth-order valence-electron chi connectivity index (χ4n) is 1.70. The van der Waals surface area contributed by atoms with Crippen molar-refractivity contribution >= 4 is 5.65 Å². The van der Waals surface area contributed by atoms with Gasteiger partial charge in [0, 0.05) is 12.4 Å². The molecule has 0 aromatic carbocycles. The van der Waals surface area contributed by atoms with Crippen molar-refractivity contribution in [2.45, 2.75) is 6.92 Å². The van der Waals surface area contributed by atoms with Crippen LogP contribution in [0.4, 0.5) is 0 Å². The minimum atomic E-state index is 0.846. The van der Waals surface area contributed by atoms with Crippen LogP contribution in [0.3, 0.4) is 0 Å². The van der Waals surface area contributed by atoms with Gasteiger partial charge in [-0.05, 0) is 30.7 Å². The molecule has 4 heteroatoms. The highest BCUT2D eigenvalue weighted by Gasteiger charge is 2.08. The normalized spacial score (nSPS) is 11.0. The molecule has 0 unspecified atom stereocenters. The first kappa shape index (κ1) is 8.23. The van der Waals surface area contributed by atoms with Crippen LogP contribution in [0.1, 0.15) is 5.56 Å². The molecule has 3 rings (SSSR count). The second kappa shape index (κ2) is 2.95. The van der Waals surface area contributed by atoms with Crippen molar-refractivity contribution in [1.82, 2.24) is 19.6 Å². The Morgan fingerprint density at radius 1 is 1.20 bits per heavy atom. The fraction of sp³-hybridized carbons (Fsp3) is 0.0909. The van der Waals surface area contributed by atoms with Crippen molar-refractivity contribution in [3.63, 3.8) is 0 Å². The van der Waals surface area contributed by atoms with E-state index >= 15 is 0 Å². The summed E-state index contributed by atoms with van der Waals surface area (Å²) < 4.78 is 1.99. The van der Waals surface area contributed by atoms with Gasteiger partial charge in [0.2, 0.25) is 0 Å². The van der Waals surface area contributed by atoms with Crippen LogP contribution in [-0.2, 0) is 0 Å². The molecule has 3 aromatic heterocycles. The van der Waals surface area contributed by atoms with Crippen molar-refractivity contribution in [1.29, 1.82) is 0 Å². The zero-order chi connectivity index (χ0) is 10.3. The summed E-state index contributed by atoms with van der Waals surface area (Å²) in [5.41, 5.74) is 3.01. The maximum Gasteiger partial charge on any atom is 0.184 e. The van der Waals surface area contributed by atoms with Gasteiger partial charge in [0.15, 0.2) is 11.5 Å². The maximum absolute atomic E-state index is 4.18. The Morgan fingerprint density at radius 2 is 2.13 bits per heavy atom. The van der Waals surface area contributed by atoms with E-state index in [9.17, 15) is 0 Å². The molecule has 15 heavy (non-hydrogen) atoms. The molecule has 0 saturated carbocycles. The molecule has 0 amide bonds. The Labute approximate surface area is 86.6 Å². The van der Waals surface area contributed by atoms with E-state index in [4.69, 9.17) is 0 Å². The fourth-order valence-corrected chi connectivity index (χ4v) is 1.70. The SMILES string of the molecule is Cc1cccn2c(-c3ccc[nH]3)nnc12. The molecule has 4 nitrogen and oxygen atoms in total. The van der Waals surface area contributed by atoms with Crippen LogP contribution < -0.4 is 0 Å². The summed E-state index contributed by atoms with van der Waals surface area (Å²) in [5, 5.41) is 8.35. The Bertz CT molecular complexity index is 592. The predicted octanol–water partition coefficient (Wildman–Crippen LogP) is 2.03. The second-order valence-electron chi connectivity index (χ2n) is 3.49. The number of nitrogens with zero attached hydrogens (tertiary/aromatic N) is 3. The molecular formula is C11H10N4. The zero-order valence-corrected chi connectivity index (χ0v) is 8.31. The summed E-state index contributed by atoms with van der Waals surface area (Å²) in [6.07, 6.45) is 3.85. The molecule has 0 bridgehead atoms. The average Bonchev–Trinajstić information content (AvgIpc) is 2.85. The Hall–Kier alpha value is -2.10. The molecule has 3 heterocycles. The van der Waals surface area contributed by atoms with E-state index in [-0.39, 0.29) is 0 Å². The highest BCUT2D eigenvalue weighted by atomic mass is 15.3. The van der Waals surface area contributed by atoms with Gasteiger partial charge in [0.1, 0.15) is 0 Å². The van der Waals surface area contributed by atoms with Crippen LogP contribution in [-0.4, -0.2) is 19.6 Å². The summed E-state index contributed by atoms with van der Waals surface area (Å²) in [6.45, 7) is 2.03. The van der Waals surface area contributed by atoms with Crippen molar-refractivity contribution in [2.75, 3.05) is 0 Å². The molecule has 0 aliphatic carbocycles. The van der Waals surface area contributed by atoms with Gasteiger partial charge in [-0.1, -0.05) is 6.07 Å². The van der Waals surface area contributed by atoms with Gasteiger partial charge in [-0.25, -0.2) is 0 Å². The standard InChI is InChI=1S/C11H10N4/c1-8-4-3-7-15-10(8)13-14-11(15)9-5-2-6-12-9/h2-7,12H,1H3. The van der Waals surface area contributed by atoms with Crippen LogP contribution in [0.25, 0.3) is 17.2 Å². The Kier molecular flexibility index (Phi) is 1.62. The number of H-pyrrole nitrogens is 1. The number of aromatic nitrogens is 4. The predicted molar refractivity (Wildman–Crippen MR) is 57.5 cm³/mol. The summed E-state index contributed by atoms with van der Waals surface area (Å²) >= 11 is 0. The van der Waals surface area contributed by atoms with E-state index in [2.05, 4.69) is 15.2 Å².